The number of aromatic nitrogens is 2. The maximum Gasteiger partial charge on any atom is 0.271 e. The minimum Gasteiger partial charge on any atom is -0.368 e. The highest BCUT2D eigenvalue weighted by Gasteiger charge is 2.06. The quantitative estimate of drug-likeness (QED) is 0.682. The Balaban J connectivity index is 2.68. The molecule has 0 aliphatic rings. The Morgan fingerprint density at radius 3 is 3.14 bits per heavy atom. The van der Waals surface area contributed by atoms with Crippen molar-refractivity contribution >= 4 is 17.4 Å². The van der Waals surface area contributed by atoms with Crippen LogP contribution in [0.2, 0.25) is 5.02 Å². The maximum absolute atomic E-state index is 11.1. The number of hydrogen-bond donors (Lipinski definition) is 3. The third kappa shape index (κ3) is 2.71. The van der Waals surface area contributed by atoms with Gasteiger partial charge in [0.1, 0.15) is 5.02 Å². The molecule has 78 valence electrons. The first kappa shape index (κ1) is 11.0. The SMILES string of the molecule is CC(CN)CNc1nc[nH]c(=O)c1Cl. The lowest BCUT2D eigenvalue weighted by molar-refractivity contribution is 0.627. The van der Waals surface area contributed by atoms with Gasteiger partial charge in [-0.25, -0.2) is 4.98 Å². The Bertz CT molecular complexity index is 351. The third-order valence-corrected chi connectivity index (χ3v) is 2.17. The highest BCUT2D eigenvalue weighted by Crippen LogP contribution is 2.12. The Morgan fingerprint density at radius 2 is 2.50 bits per heavy atom. The molecule has 1 unspecified atom stereocenters. The summed E-state index contributed by atoms with van der Waals surface area (Å²) < 4.78 is 0. The van der Waals surface area contributed by atoms with Crippen molar-refractivity contribution in [3.05, 3.63) is 21.7 Å². The number of anilines is 1. The summed E-state index contributed by atoms with van der Waals surface area (Å²) in [5.74, 6) is 0.711. The minimum atomic E-state index is -0.343. The molecule has 0 fully saturated rings. The molecule has 1 rings (SSSR count). The van der Waals surface area contributed by atoms with E-state index in [0.717, 1.165) is 0 Å². The van der Waals surface area contributed by atoms with Crippen LogP contribution >= 0.6 is 11.6 Å². The summed E-state index contributed by atoms with van der Waals surface area (Å²) in [5.41, 5.74) is 5.10. The second-order valence-electron chi connectivity index (χ2n) is 3.12. The summed E-state index contributed by atoms with van der Waals surface area (Å²) in [4.78, 5) is 17.3. The fraction of sp³-hybridized carbons (Fsp3) is 0.500. The van der Waals surface area contributed by atoms with Crippen LogP contribution in [0.5, 0.6) is 0 Å². The number of H-pyrrole nitrogens is 1. The van der Waals surface area contributed by atoms with Gasteiger partial charge in [-0.05, 0) is 12.5 Å². The molecule has 0 amide bonds. The van der Waals surface area contributed by atoms with Crippen molar-refractivity contribution in [3.63, 3.8) is 0 Å². The zero-order chi connectivity index (χ0) is 10.6. The van der Waals surface area contributed by atoms with Crippen LogP contribution in [0.3, 0.4) is 0 Å². The van der Waals surface area contributed by atoms with E-state index in [9.17, 15) is 4.79 Å². The molecule has 0 aliphatic heterocycles. The largest absolute Gasteiger partial charge is 0.368 e. The predicted molar refractivity (Wildman–Crippen MR) is 56.6 cm³/mol. The molecule has 5 nitrogen and oxygen atoms in total. The van der Waals surface area contributed by atoms with Gasteiger partial charge < -0.3 is 16.0 Å². The van der Waals surface area contributed by atoms with Crippen molar-refractivity contribution < 1.29 is 0 Å². The van der Waals surface area contributed by atoms with E-state index >= 15 is 0 Å². The Labute approximate surface area is 86.7 Å². The van der Waals surface area contributed by atoms with E-state index in [0.29, 0.717) is 24.8 Å². The molecule has 4 N–H and O–H groups in total. The van der Waals surface area contributed by atoms with Gasteiger partial charge in [-0.2, -0.15) is 0 Å². The van der Waals surface area contributed by atoms with Gasteiger partial charge in [0.2, 0.25) is 0 Å². The van der Waals surface area contributed by atoms with Crippen LogP contribution in [0.25, 0.3) is 0 Å². The molecule has 1 aromatic rings. The molecule has 0 aliphatic carbocycles. The minimum absolute atomic E-state index is 0.0803. The van der Waals surface area contributed by atoms with Crippen LogP contribution < -0.4 is 16.6 Å². The summed E-state index contributed by atoms with van der Waals surface area (Å²) in [6, 6.07) is 0. The normalized spacial score (nSPS) is 12.5. The van der Waals surface area contributed by atoms with Crippen LogP contribution in [-0.4, -0.2) is 23.1 Å². The Morgan fingerprint density at radius 1 is 1.79 bits per heavy atom. The first-order valence-electron chi connectivity index (χ1n) is 4.32. The molecular formula is C8H13ClN4O. The number of nitrogens with zero attached hydrogens (tertiary/aromatic N) is 1. The molecule has 6 heteroatoms. The van der Waals surface area contributed by atoms with Crippen LogP contribution in [0.1, 0.15) is 6.92 Å². The van der Waals surface area contributed by atoms with Gasteiger partial charge in [0.25, 0.3) is 5.56 Å². The number of nitrogens with one attached hydrogen (secondary N) is 2. The summed E-state index contributed by atoms with van der Waals surface area (Å²) in [6.45, 7) is 3.22. The Kier molecular flexibility index (Phi) is 3.91. The average Bonchev–Trinajstić information content (AvgIpc) is 2.20. The molecule has 1 aromatic heterocycles. The average molecular weight is 217 g/mol. The summed E-state index contributed by atoms with van der Waals surface area (Å²) in [7, 11) is 0. The number of halogens is 1. The number of aromatic amines is 1. The second-order valence-corrected chi connectivity index (χ2v) is 3.49. The van der Waals surface area contributed by atoms with E-state index < -0.39 is 0 Å². The van der Waals surface area contributed by atoms with Gasteiger partial charge in [0.15, 0.2) is 5.82 Å². The lowest BCUT2D eigenvalue weighted by Crippen LogP contribution is -2.21. The fourth-order valence-corrected chi connectivity index (χ4v) is 1.03. The van der Waals surface area contributed by atoms with Crippen LogP contribution in [-0.2, 0) is 0 Å². The van der Waals surface area contributed by atoms with Crippen LogP contribution in [0.4, 0.5) is 5.82 Å². The van der Waals surface area contributed by atoms with E-state index in [1.165, 1.54) is 6.33 Å². The van der Waals surface area contributed by atoms with E-state index in [-0.39, 0.29) is 10.6 Å². The standard InChI is InChI=1S/C8H13ClN4O/c1-5(2-10)3-11-7-6(9)8(14)13-4-12-7/h4-5H,2-3,10H2,1H3,(H2,11,12,13,14). The number of hydrogen-bond acceptors (Lipinski definition) is 4. The summed E-state index contributed by atoms with van der Waals surface area (Å²) >= 11 is 5.72. The van der Waals surface area contributed by atoms with E-state index in [2.05, 4.69) is 15.3 Å². The van der Waals surface area contributed by atoms with Gasteiger partial charge >= 0.3 is 0 Å². The van der Waals surface area contributed by atoms with Gasteiger partial charge in [0.05, 0.1) is 6.33 Å². The van der Waals surface area contributed by atoms with Crippen molar-refractivity contribution in [2.45, 2.75) is 6.92 Å². The lowest BCUT2D eigenvalue weighted by Gasteiger charge is -2.10. The molecule has 0 bridgehead atoms. The highest BCUT2D eigenvalue weighted by molar-refractivity contribution is 6.32. The van der Waals surface area contributed by atoms with E-state index in [4.69, 9.17) is 17.3 Å². The first-order chi connectivity index (χ1) is 6.65. The molecule has 1 heterocycles. The van der Waals surface area contributed by atoms with E-state index in [1.54, 1.807) is 0 Å². The van der Waals surface area contributed by atoms with Crippen molar-refractivity contribution in [3.8, 4) is 0 Å². The smallest absolute Gasteiger partial charge is 0.271 e. The number of nitrogens with two attached hydrogens (primary N) is 1. The molecule has 0 aromatic carbocycles. The monoisotopic (exact) mass is 216 g/mol. The van der Waals surface area contributed by atoms with Crippen molar-refractivity contribution in [2.75, 3.05) is 18.4 Å². The van der Waals surface area contributed by atoms with E-state index in [1.807, 2.05) is 6.92 Å². The molecular weight excluding hydrogens is 204 g/mol. The molecule has 14 heavy (non-hydrogen) atoms. The molecule has 0 saturated heterocycles. The third-order valence-electron chi connectivity index (χ3n) is 1.82. The fourth-order valence-electron chi connectivity index (χ4n) is 0.861. The van der Waals surface area contributed by atoms with Gasteiger partial charge in [-0.1, -0.05) is 18.5 Å². The van der Waals surface area contributed by atoms with Crippen molar-refractivity contribution in [2.24, 2.45) is 11.7 Å². The highest BCUT2D eigenvalue weighted by atomic mass is 35.5. The van der Waals surface area contributed by atoms with Gasteiger partial charge in [-0.3, -0.25) is 4.79 Å². The molecule has 1 atom stereocenters. The van der Waals surface area contributed by atoms with Crippen LogP contribution in [0, 0.1) is 5.92 Å². The molecule has 0 saturated carbocycles. The van der Waals surface area contributed by atoms with Crippen LogP contribution in [0.15, 0.2) is 11.1 Å². The molecule has 0 radical (unpaired) electrons. The number of rotatable bonds is 4. The van der Waals surface area contributed by atoms with Gasteiger partial charge in [-0.15, -0.1) is 0 Å². The predicted octanol–water partition coefficient (Wildman–Crippen LogP) is 0.430. The first-order valence-corrected chi connectivity index (χ1v) is 4.70. The lowest BCUT2D eigenvalue weighted by atomic mass is 10.2. The summed E-state index contributed by atoms with van der Waals surface area (Å²) in [5, 5.41) is 3.04. The topological polar surface area (TPSA) is 83.8 Å². The van der Waals surface area contributed by atoms with Crippen molar-refractivity contribution in [1.82, 2.24) is 9.97 Å². The van der Waals surface area contributed by atoms with Crippen molar-refractivity contribution in [1.29, 1.82) is 0 Å². The van der Waals surface area contributed by atoms with Gasteiger partial charge in [0, 0.05) is 6.54 Å². The zero-order valence-electron chi connectivity index (χ0n) is 7.88. The zero-order valence-corrected chi connectivity index (χ0v) is 8.64. The maximum atomic E-state index is 11.1. The molecule has 0 spiro atoms. The Hall–Kier alpha value is -1.07. The second kappa shape index (κ2) is 4.97. The summed E-state index contributed by atoms with van der Waals surface area (Å²) in [6.07, 6.45) is 1.31.